The Morgan fingerprint density at radius 2 is 1.68 bits per heavy atom. The highest BCUT2D eigenvalue weighted by Gasteiger charge is 2.31. The molecule has 1 atom stereocenters. The molecule has 4 heteroatoms. The maximum atomic E-state index is 10.9. The van der Waals surface area contributed by atoms with Crippen LogP contribution in [0, 0.1) is 20.8 Å². The monoisotopic (exact) mass is 316 g/mol. The van der Waals surface area contributed by atoms with E-state index in [9.17, 15) is 9.67 Å². The topological polar surface area (TPSA) is 46.5 Å². The van der Waals surface area contributed by atoms with Crippen molar-refractivity contribution in [1.29, 1.82) is 0 Å². The minimum Gasteiger partial charge on any atom is -0.361 e. The molecule has 2 aromatic rings. The molecular formula is C18H21O3P. The molecule has 0 saturated carbocycles. The first-order valence-corrected chi connectivity index (χ1v) is 8.05. The minimum absolute atomic E-state index is 0.344. The highest BCUT2D eigenvalue weighted by molar-refractivity contribution is 7.17. The quantitative estimate of drug-likeness (QED) is 0.625. The molecule has 0 amide bonds. The summed E-state index contributed by atoms with van der Waals surface area (Å²) in [6, 6.07) is 13.3. The van der Waals surface area contributed by atoms with Crippen molar-refractivity contribution in [3.8, 4) is 0 Å². The fraction of sp³-hybridized carbons (Fsp3) is 0.333. The number of hydrogen-bond acceptors (Lipinski definition) is 3. The van der Waals surface area contributed by atoms with Crippen molar-refractivity contribution in [1.82, 2.24) is 0 Å². The summed E-state index contributed by atoms with van der Waals surface area (Å²) in [7, 11) is -0.528. The van der Waals surface area contributed by atoms with E-state index in [0.29, 0.717) is 18.4 Å². The molecule has 0 aromatic heterocycles. The van der Waals surface area contributed by atoms with E-state index in [2.05, 4.69) is 32.9 Å². The highest BCUT2D eigenvalue weighted by atomic mass is 31.1. The molecule has 1 unspecified atom stereocenters. The fourth-order valence-electron chi connectivity index (χ4n) is 2.90. The van der Waals surface area contributed by atoms with Crippen LogP contribution < -0.4 is 0 Å². The predicted molar refractivity (Wildman–Crippen MR) is 88.0 cm³/mol. The summed E-state index contributed by atoms with van der Waals surface area (Å²) in [5.74, 6) is -1.55. The Morgan fingerprint density at radius 3 is 2.23 bits per heavy atom. The summed E-state index contributed by atoms with van der Waals surface area (Å²) in [4.78, 5) is 0. The van der Waals surface area contributed by atoms with Gasteiger partial charge in [-0.25, -0.2) is 4.57 Å². The first kappa shape index (κ1) is 16.8. The van der Waals surface area contributed by atoms with E-state index in [1.807, 2.05) is 18.2 Å². The van der Waals surface area contributed by atoms with Crippen LogP contribution in [0.4, 0.5) is 0 Å². The van der Waals surface area contributed by atoms with Gasteiger partial charge in [0.2, 0.25) is 5.79 Å². The molecule has 2 aromatic carbocycles. The third-order valence-corrected chi connectivity index (χ3v) is 4.34. The number of hydrogen-bond donors (Lipinski definition) is 1. The van der Waals surface area contributed by atoms with Crippen LogP contribution in [0.1, 0.15) is 34.2 Å². The lowest BCUT2D eigenvalue weighted by atomic mass is 9.92. The lowest BCUT2D eigenvalue weighted by molar-refractivity contribution is -0.144. The minimum atomic E-state index is -1.55. The molecule has 0 saturated heterocycles. The first-order chi connectivity index (χ1) is 10.5. The summed E-state index contributed by atoms with van der Waals surface area (Å²) >= 11 is 0. The van der Waals surface area contributed by atoms with Crippen molar-refractivity contribution in [3.05, 3.63) is 70.3 Å². The summed E-state index contributed by atoms with van der Waals surface area (Å²) in [5.41, 5.74) is 5.44. The van der Waals surface area contributed by atoms with Crippen LogP contribution in [0.25, 0.3) is 0 Å². The summed E-state index contributed by atoms with van der Waals surface area (Å²) in [5, 5.41) is 10.8. The normalized spacial score (nSPS) is 14.0. The molecule has 0 aliphatic carbocycles. The van der Waals surface area contributed by atoms with E-state index in [1.54, 1.807) is 12.1 Å². The van der Waals surface area contributed by atoms with Crippen molar-refractivity contribution in [2.45, 2.75) is 39.4 Å². The third kappa shape index (κ3) is 3.80. The molecular weight excluding hydrogens is 295 g/mol. The van der Waals surface area contributed by atoms with Crippen molar-refractivity contribution >= 4 is 8.69 Å². The molecule has 0 heterocycles. The maximum absolute atomic E-state index is 10.9. The Morgan fingerprint density at radius 1 is 1.09 bits per heavy atom. The Hall–Kier alpha value is -1.54. The average Bonchev–Trinajstić information content (AvgIpc) is 2.47. The van der Waals surface area contributed by atoms with Crippen LogP contribution >= 0.6 is 8.69 Å². The highest BCUT2D eigenvalue weighted by Crippen LogP contribution is 2.32. The molecule has 0 aliphatic heterocycles. The van der Waals surface area contributed by atoms with Gasteiger partial charge in [-0.05, 0) is 43.9 Å². The van der Waals surface area contributed by atoms with Crippen LogP contribution in [0.5, 0.6) is 0 Å². The molecule has 116 valence electrons. The Kier molecular flexibility index (Phi) is 5.47. The zero-order chi connectivity index (χ0) is 16.2. The van der Waals surface area contributed by atoms with Gasteiger partial charge < -0.3 is 5.11 Å². The molecule has 0 bridgehead atoms. The Bertz CT molecular complexity index is 632. The van der Waals surface area contributed by atoms with Crippen LogP contribution in [-0.4, -0.2) is 5.11 Å². The van der Waals surface area contributed by atoms with Gasteiger partial charge in [0.1, 0.15) is 0 Å². The fourth-order valence-corrected chi connectivity index (χ4v) is 3.22. The van der Waals surface area contributed by atoms with E-state index < -0.39 is 14.5 Å². The summed E-state index contributed by atoms with van der Waals surface area (Å²) < 4.78 is 16.0. The number of benzene rings is 2. The van der Waals surface area contributed by atoms with Gasteiger partial charge in [0, 0.05) is 12.0 Å². The van der Waals surface area contributed by atoms with Crippen molar-refractivity contribution < 1.29 is 14.2 Å². The molecule has 3 nitrogen and oxygen atoms in total. The van der Waals surface area contributed by atoms with Crippen LogP contribution in [0.2, 0.25) is 0 Å². The Labute approximate surface area is 133 Å². The molecule has 22 heavy (non-hydrogen) atoms. The lowest BCUT2D eigenvalue weighted by Crippen LogP contribution is -2.27. The van der Waals surface area contributed by atoms with Crippen LogP contribution in [-0.2, 0) is 21.3 Å². The van der Waals surface area contributed by atoms with E-state index in [-0.39, 0.29) is 0 Å². The second-order valence-corrected chi connectivity index (χ2v) is 6.03. The maximum Gasteiger partial charge on any atom is 0.330 e. The third-order valence-electron chi connectivity index (χ3n) is 3.97. The second kappa shape index (κ2) is 7.15. The summed E-state index contributed by atoms with van der Waals surface area (Å²) in [6.45, 7) is 6.22. The second-order valence-electron chi connectivity index (χ2n) is 5.69. The molecule has 0 fully saturated rings. The lowest BCUT2D eigenvalue weighted by Gasteiger charge is -2.26. The SMILES string of the molecule is Cc1cc(C)c(CCC(O)(OP=O)c2ccccc2)c(C)c1. The van der Waals surface area contributed by atoms with Gasteiger partial charge in [-0.3, -0.25) is 4.52 Å². The molecule has 2 rings (SSSR count). The van der Waals surface area contributed by atoms with Gasteiger partial charge in [0.25, 0.3) is 0 Å². The zero-order valence-corrected chi connectivity index (χ0v) is 14.1. The number of aliphatic hydroxyl groups is 1. The van der Waals surface area contributed by atoms with E-state index >= 15 is 0 Å². The largest absolute Gasteiger partial charge is 0.361 e. The molecule has 0 radical (unpaired) electrons. The predicted octanol–water partition coefficient (Wildman–Crippen LogP) is 4.61. The molecule has 0 aliphatic rings. The van der Waals surface area contributed by atoms with E-state index in [1.165, 1.54) is 22.3 Å². The Balaban J connectivity index is 2.25. The van der Waals surface area contributed by atoms with Crippen molar-refractivity contribution in [3.63, 3.8) is 0 Å². The van der Waals surface area contributed by atoms with Crippen LogP contribution in [0.15, 0.2) is 42.5 Å². The molecule has 1 N–H and O–H groups in total. The van der Waals surface area contributed by atoms with Gasteiger partial charge in [-0.1, -0.05) is 48.0 Å². The van der Waals surface area contributed by atoms with Crippen molar-refractivity contribution in [2.24, 2.45) is 0 Å². The first-order valence-electron chi connectivity index (χ1n) is 7.32. The molecule has 0 spiro atoms. The van der Waals surface area contributed by atoms with E-state index in [0.717, 1.165) is 0 Å². The standard InChI is InChI=1S/C18H21O3P/c1-13-11-14(2)17(15(3)12-13)9-10-18(19,21-22-20)16-7-5-4-6-8-16/h4-8,11-12,19H,9-10H2,1-3H3. The van der Waals surface area contributed by atoms with Crippen molar-refractivity contribution in [2.75, 3.05) is 0 Å². The summed E-state index contributed by atoms with van der Waals surface area (Å²) in [6.07, 6.45) is 0.996. The zero-order valence-electron chi connectivity index (χ0n) is 13.2. The van der Waals surface area contributed by atoms with Gasteiger partial charge in [-0.2, -0.15) is 0 Å². The van der Waals surface area contributed by atoms with Gasteiger partial charge in [-0.15, -0.1) is 0 Å². The van der Waals surface area contributed by atoms with Crippen LogP contribution in [0.3, 0.4) is 0 Å². The van der Waals surface area contributed by atoms with Gasteiger partial charge >= 0.3 is 8.69 Å². The van der Waals surface area contributed by atoms with Gasteiger partial charge in [0.15, 0.2) is 0 Å². The number of rotatable bonds is 6. The van der Waals surface area contributed by atoms with Gasteiger partial charge in [0.05, 0.1) is 0 Å². The smallest absolute Gasteiger partial charge is 0.330 e. The average molecular weight is 316 g/mol. The van der Waals surface area contributed by atoms with E-state index in [4.69, 9.17) is 4.52 Å². The number of aryl methyl sites for hydroxylation is 3.